The second-order valence-corrected chi connectivity index (χ2v) is 5.87. The van der Waals surface area contributed by atoms with Crippen LogP contribution in [-0.2, 0) is 9.53 Å². The summed E-state index contributed by atoms with van der Waals surface area (Å²) >= 11 is 0. The number of ether oxygens (including phenoxy) is 1. The summed E-state index contributed by atoms with van der Waals surface area (Å²) < 4.78 is 5.16. The fourth-order valence-corrected chi connectivity index (χ4v) is 2.57. The van der Waals surface area contributed by atoms with Gasteiger partial charge < -0.3 is 10.1 Å². The Bertz CT molecular complexity index is 1010. The third kappa shape index (κ3) is 4.09. The Labute approximate surface area is 154 Å². The number of fused-ring (bicyclic) bond motifs is 1. The molecule has 3 rings (SSSR count). The summed E-state index contributed by atoms with van der Waals surface area (Å²) in [7, 11) is 0. The van der Waals surface area contributed by atoms with Crippen molar-refractivity contribution in [2.45, 2.75) is 13.0 Å². The van der Waals surface area contributed by atoms with E-state index < -0.39 is 22.9 Å². The van der Waals surface area contributed by atoms with Gasteiger partial charge in [0.2, 0.25) is 0 Å². The highest BCUT2D eigenvalue weighted by molar-refractivity contribution is 6.04. The van der Waals surface area contributed by atoms with Crippen LogP contribution >= 0.6 is 0 Å². The lowest BCUT2D eigenvalue weighted by Crippen LogP contribution is -2.30. The van der Waals surface area contributed by atoms with Gasteiger partial charge in [-0.15, -0.1) is 0 Å². The van der Waals surface area contributed by atoms with Crippen molar-refractivity contribution in [3.8, 4) is 0 Å². The predicted octanol–water partition coefficient (Wildman–Crippen LogP) is 3.93. The fourth-order valence-electron chi connectivity index (χ4n) is 2.57. The zero-order valence-corrected chi connectivity index (χ0v) is 14.4. The van der Waals surface area contributed by atoms with E-state index in [0.717, 1.165) is 10.8 Å². The SMILES string of the molecule is C[C@H](OC(=O)c1ccc([N+](=O)[O-])cc1)C(=O)Nc1cccc2ccccc12. The summed E-state index contributed by atoms with van der Waals surface area (Å²) in [5, 5.41) is 15.3. The number of nitrogens with zero attached hydrogens (tertiary/aromatic N) is 1. The van der Waals surface area contributed by atoms with Crippen molar-refractivity contribution in [3.05, 3.63) is 82.4 Å². The van der Waals surface area contributed by atoms with Gasteiger partial charge >= 0.3 is 5.97 Å². The number of carbonyl (C=O) groups is 2. The van der Waals surface area contributed by atoms with E-state index >= 15 is 0 Å². The molecule has 0 bridgehead atoms. The number of benzene rings is 3. The summed E-state index contributed by atoms with van der Waals surface area (Å²) in [6.07, 6.45) is -1.04. The van der Waals surface area contributed by atoms with E-state index in [1.807, 2.05) is 36.4 Å². The molecule has 1 N–H and O–H groups in total. The molecule has 1 amide bonds. The second kappa shape index (κ2) is 7.65. The molecular weight excluding hydrogens is 348 g/mol. The Hall–Kier alpha value is -3.74. The Morgan fingerprint density at radius 3 is 2.37 bits per heavy atom. The van der Waals surface area contributed by atoms with Crippen molar-refractivity contribution in [1.82, 2.24) is 0 Å². The van der Waals surface area contributed by atoms with Gasteiger partial charge in [0.15, 0.2) is 6.10 Å². The minimum Gasteiger partial charge on any atom is -0.449 e. The maximum absolute atomic E-state index is 12.4. The Kier molecular flexibility index (Phi) is 5.12. The van der Waals surface area contributed by atoms with Crippen molar-refractivity contribution in [3.63, 3.8) is 0 Å². The van der Waals surface area contributed by atoms with Gasteiger partial charge in [0, 0.05) is 23.2 Å². The Balaban J connectivity index is 1.68. The molecule has 0 heterocycles. The van der Waals surface area contributed by atoms with Crippen LogP contribution in [-0.4, -0.2) is 22.9 Å². The van der Waals surface area contributed by atoms with E-state index in [-0.39, 0.29) is 11.3 Å². The summed E-state index contributed by atoms with van der Waals surface area (Å²) in [5.41, 5.74) is 0.620. The zero-order chi connectivity index (χ0) is 19.4. The van der Waals surface area contributed by atoms with Gasteiger partial charge in [-0.05, 0) is 30.5 Å². The maximum Gasteiger partial charge on any atom is 0.338 e. The first-order valence-corrected chi connectivity index (χ1v) is 8.20. The van der Waals surface area contributed by atoms with Crippen LogP contribution in [0.1, 0.15) is 17.3 Å². The highest BCUT2D eigenvalue weighted by Gasteiger charge is 2.20. The van der Waals surface area contributed by atoms with E-state index in [9.17, 15) is 19.7 Å². The van der Waals surface area contributed by atoms with Crippen molar-refractivity contribution < 1.29 is 19.2 Å². The molecule has 0 aromatic heterocycles. The smallest absolute Gasteiger partial charge is 0.338 e. The van der Waals surface area contributed by atoms with Crippen molar-refractivity contribution >= 4 is 34.0 Å². The monoisotopic (exact) mass is 364 g/mol. The number of hydrogen-bond donors (Lipinski definition) is 1. The van der Waals surface area contributed by atoms with Crippen LogP contribution in [0.15, 0.2) is 66.7 Å². The highest BCUT2D eigenvalue weighted by Crippen LogP contribution is 2.23. The van der Waals surface area contributed by atoms with E-state index in [4.69, 9.17) is 4.74 Å². The van der Waals surface area contributed by atoms with E-state index in [1.165, 1.54) is 31.2 Å². The molecular formula is C20H16N2O5. The Morgan fingerprint density at radius 1 is 1.00 bits per heavy atom. The number of rotatable bonds is 5. The normalized spacial score (nSPS) is 11.6. The van der Waals surface area contributed by atoms with Crippen LogP contribution in [0.3, 0.4) is 0 Å². The van der Waals surface area contributed by atoms with E-state index in [2.05, 4.69) is 5.32 Å². The number of nitro groups is 1. The first kappa shape index (κ1) is 18.1. The number of nitro benzene ring substituents is 1. The molecule has 27 heavy (non-hydrogen) atoms. The van der Waals surface area contributed by atoms with Crippen LogP contribution in [0.4, 0.5) is 11.4 Å². The molecule has 7 heteroatoms. The number of amides is 1. The number of anilines is 1. The third-order valence-corrected chi connectivity index (χ3v) is 4.01. The molecule has 3 aromatic carbocycles. The van der Waals surface area contributed by atoms with Crippen LogP contribution in [0.25, 0.3) is 10.8 Å². The predicted molar refractivity (Wildman–Crippen MR) is 101 cm³/mol. The van der Waals surface area contributed by atoms with Crippen molar-refractivity contribution in [1.29, 1.82) is 0 Å². The lowest BCUT2D eigenvalue weighted by atomic mass is 10.1. The summed E-state index contributed by atoms with van der Waals surface area (Å²) in [6, 6.07) is 18.1. The molecule has 136 valence electrons. The van der Waals surface area contributed by atoms with E-state index in [0.29, 0.717) is 5.69 Å². The molecule has 7 nitrogen and oxygen atoms in total. The van der Waals surface area contributed by atoms with Gasteiger partial charge in [0.1, 0.15) is 0 Å². The van der Waals surface area contributed by atoms with E-state index in [1.54, 1.807) is 6.07 Å². The minimum absolute atomic E-state index is 0.130. The van der Waals surface area contributed by atoms with Gasteiger partial charge in [0.25, 0.3) is 11.6 Å². The average molecular weight is 364 g/mol. The first-order valence-electron chi connectivity index (χ1n) is 8.20. The van der Waals surface area contributed by atoms with Crippen LogP contribution in [0.5, 0.6) is 0 Å². The molecule has 1 atom stereocenters. The molecule has 3 aromatic rings. The van der Waals surface area contributed by atoms with Gasteiger partial charge in [-0.1, -0.05) is 36.4 Å². The largest absolute Gasteiger partial charge is 0.449 e. The molecule has 0 saturated heterocycles. The van der Waals surface area contributed by atoms with Crippen molar-refractivity contribution in [2.24, 2.45) is 0 Å². The number of carbonyl (C=O) groups excluding carboxylic acids is 2. The fraction of sp³-hybridized carbons (Fsp3) is 0.100. The summed E-state index contributed by atoms with van der Waals surface area (Å²) in [4.78, 5) is 34.6. The second-order valence-electron chi connectivity index (χ2n) is 5.87. The van der Waals surface area contributed by atoms with Gasteiger partial charge in [0.05, 0.1) is 10.5 Å². The lowest BCUT2D eigenvalue weighted by molar-refractivity contribution is -0.384. The van der Waals surface area contributed by atoms with Gasteiger partial charge in [-0.3, -0.25) is 14.9 Å². The molecule has 0 fully saturated rings. The quantitative estimate of drug-likeness (QED) is 0.420. The van der Waals surface area contributed by atoms with Crippen LogP contribution in [0.2, 0.25) is 0 Å². The number of non-ortho nitro benzene ring substituents is 1. The third-order valence-electron chi connectivity index (χ3n) is 4.01. The number of hydrogen-bond acceptors (Lipinski definition) is 5. The molecule has 0 aliphatic heterocycles. The molecule has 0 aliphatic rings. The van der Waals surface area contributed by atoms with Crippen molar-refractivity contribution in [2.75, 3.05) is 5.32 Å². The molecule has 0 radical (unpaired) electrons. The Morgan fingerprint density at radius 2 is 1.67 bits per heavy atom. The summed E-state index contributed by atoms with van der Waals surface area (Å²) in [6.45, 7) is 1.46. The lowest BCUT2D eigenvalue weighted by Gasteiger charge is -2.14. The number of esters is 1. The zero-order valence-electron chi connectivity index (χ0n) is 14.4. The molecule has 0 unspecified atom stereocenters. The standard InChI is InChI=1S/C20H16N2O5/c1-13(27-20(24)15-9-11-16(12-10-15)22(25)26)19(23)21-18-8-4-6-14-5-2-3-7-17(14)18/h2-13H,1H3,(H,21,23)/t13-/m0/s1. The molecule has 0 saturated carbocycles. The summed E-state index contributed by atoms with van der Waals surface area (Å²) in [5.74, 6) is -1.20. The van der Waals surface area contributed by atoms with Crippen LogP contribution in [0, 0.1) is 10.1 Å². The number of nitrogens with one attached hydrogen (secondary N) is 1. The van der Waals surface area contributed by atoms with Crippen LogP contribution < -0.4 is 5.32 Å². The first-order chi connectivity index (χ1) is 13.0. The minimum atomic E-state index is -1.04. The molecule has 0 aliphatic carbocycles. The maximum atomic E-state index is 12.4. The molecule has 0 spiro atoms. The highest BCUT2D eigenvalue weighted by atomic mass is 16.6. The van der Waals surface area contributed by atoms with Gasteiger partial charge in [-0.25, -0.2) is 4.79 Å². The topological polar surface area (TPSA) is 98.5 Å². The average Bonchev–Trinajstić information content (AvgIpc) is 2.68. The van der Waals surface area contributed by atoms with Gasteiger partial charge in [-0.2, -0.15) is 0 Å².